The fourth-order valence-electron chi connectivity index (χ4n) is 3.21. The van der Waals surface area contributed by atoms with Gasteiger partial charge in [0, 0.05) is 0 Å². The molecule has 1 N–H and O–H groups in total. The molecule has 1 fully saturated rings. The van der Waals surface area contributed by atoms with Crippen molar-refractivity contribution in [2.24, 2.45) is 11.3 Å². The second-order valence-electron chi connectivity index (χ2n) is 6.18. The van der Waals surface area contributed by atoms with Crippen molar-refractivity contribution in [2.75, 3.05) is 7.11 Å². The maximum Gasteiger partial charge on any atom is 0.133 e. The minimum atomic E-state index is -0.391. The zero-order valence-corrected chi connectivity index (χ0v) is 13.5. The quantitative estimate of drug-likeness (QED) is 0.871. The van der Waals surface area contributed by atoms with E-state index in [2.05, 4.69) is 29.8 Å². The van der Waals surface area contributed by atoms with Crippen molar-refractivity contribution in [3.05, 3.63) is 28.2 Å². The maximum atomic E-state index is 10.7. The highest BCUT2D eigenvalue weighted by atomic mass is 79.9. The van der Waals surface area contributed by atoms with Crippen LogP contribution in [0.3, 0.4) is 0 Å². The summed E-state index contributed by atoms with van der Waals surface area (Å²) in [5.41, 5.74) is 1.19. The molecule has 1 aromatic carbocycles. The summed E-state index contributed by atoms with van der Waals surface area (Å²) in [5.74, 6) is 1.14. The third-order valence-electron chi connectivity index (χ3n) is 4.49. The molecule has 0 bridgehead atoms. The molecule has 0 aromatic heterocycles. The van der Waals surface area contributed by atoms with Crippen LogP contribution in [-0.4, -0.2) is 12.2 Å². The molecular formula is C16H23BrO2. The summed E-state index contributed by atoms with van der Waals surface area (Å²) in [6.07, 6.45) is 4.42. The van der Waals surface area contributed by atoms with E-state index in [1.807, 2.05) is 18.2 Å². The first-order chi connectivity index (χ1) is 8.95. The van der Waals surface area contributed by atoms with Gasteiger partial charge in [-0.05, 0) is 57.8 Å². The van der Waals surface area contributed by atoms with Gasteiger partial charge in [0.1, 0.15) is 5.75 Å². The lowest BCUT2D eigenvalue weighted by Crippen LogP contribution is -2.32. The molecule has 0 spiro atoms. The van der Waals surface area contributed by atoms with Crippen LogP contribution in [0.1, 0.15) is 51.2 Å². The molecule has 3 heteroatoms. The summed E-state index contributed by atoms with van der Waals surface area (Å²) >= 11 is 3.49. The van der Waals surface area contributed by atoms with E-state index in [0.717, 1.165) is 22.2 Å². The first kappa shape index (κ1) is 14.9. The molecule has 2 rings (SSSR count). The smallest absolute Gasteiger partial charge is 0.133 e. The standard InChI is InChI=1S/C16H23BrO2/c1-16(2)9-5-4-6-12(16)15(18)11-7-8-14(19-3)13(17)10-11/h7-8,10,12,15,18H,4-6,9H2,1-3H3. The minimum absolute atomic E-state index is 0.212. The number of ether oxygens (including phenoxy) is 1. The van der Waals surface area contributed by atoms with Gasteiger partial charge in [0.05, 0.1) is 17.7 Å². The van der Waals surface area contributed by atoms with Crippen LogP contribution in [0.2, 0.25) is 0 Å². The van der Waals surface area contributed by atoms with Gasteiger partial charge in [-0.15, -0.1) is 0 Å². The number of hydrogen-bond acceptors (Lipinski definition) is 2. The van der Waals surface area contributed by atoms with Crippen molar-refractivity contribution in [3.8, 4) is 5.75 Å². The number of hydrogen-bond donors (Lipinski definition) is 1. The van der Waals surface area contributed by atoms with Crippen molar-refractivity contribution in [1.82, 2.24) is 0 Å². The second-order valence-corrected chi connectivity index (χ2v) is 7.03. The predicted molar refractivity (Wildman–Crippen MR) is 81.4 cm³/mol. The van der Waals surface area contributed by atoms with Gasteiger partial charge in [0.15, 0.2) is 0 Å². The minimum Gasteiger partial charge on any atom is -0.496 e. The predicted octanol–water partition coefficient (Wildman–Crippen LogP) is 4.71. The van der Waals surface area contributed by atoms with Crippen LogP contribution in [0, 0.1) is 11.3 Å². The Balaban J connectivity index is 2.23. The number of aliphatic hydroxyl groups excluding tert-OH is 1. The van der Waals surface area contributed by atoms with Crippen LogP contribution in [-0.2, 0) is 0 Å². The molecule has 1 aliphatic carbocycles. The fourth-order valence-corrected chi connectivity index (χ4v) is 3.76. The summed E-state index contributed by atoms with van der Waals surface area (Å²) in [4.78, 5) is 0. The van der Waals surface area contributed by atoms with Gasteiger partial charge in [0.2, 0.25) is 0 Å². The monoisotopic (exact) mass is 326 g/mol. The van der Waals surface area contributed by atoms with Gasteiger partial charge in [-0.1, -0.05) is 32.8 Å². The summed E-state index contributed by atoms with van der Waals surface area (Å²) in [6, 6.07) is 5.87. The number of methoxy groups -OCH3 is 1. The van der Waals surface area contributed by atoms with Gasteiger partial charge in [-0.3, -0.25) is 0 Å². The first-order valence-electron chi connectivity index (χ1n) is 6.97. The highest BCUT2D eigenvalue weighted by molar-refractivity contribution is 9.10. The molecule has 1 aromatic rings. The average Bonchev–Trinajstić information content (AvgIpc) is 2.37. The Morgan fingerprint density at radius 1 is 1.37 bits per heavy atom. The molecule has 1 saturated carbocycles. The molecule has 0 radical (unpaired) electrons. The number of halogens is 1. The molecule has 1 aliphatic rings. The van der Waals surface area contributed by atoms with E-state index in [1.54, 1.807) is 7.11 Å². The lowest BCUT2D eigenvalue weighted by atomic mass is 9.65. The Hall–Kier alpha value is -0.540. The SMILES string of the molecule is COc1ccc(C(O)C2CCCCC2(C)C)cc1Br. The van der Waals surface area contributed by atoms with Crippen LogP contribution >= 0.6 is 15.9 Å². The molecule has 0 heterocycles. The van der Waals surface area contributed by atoms with Crippen molar-refractivity contribution < 1.29 is 9.84 Å². The van der Waals surface area contributed by atoms with Crippen LogP contribution in [0.25, 0.3) is 0 Å². The van der Waals surface area contributed by atoms with Crippen LogP contribution in [0.4, 0.5) is 0 Å². The maximum absolute atomic E-state index is 10.7. The van der Waals surface area contributed by atoms with E-state index in [9.17, 15) is 5.11 Å². The van der Waals surface area contributed by atoms with E-state index in [0.29, 0.717) is 5.92 Å². The van der Waals surface area contributed by atoms with Gasteiger partial charge < -0.3 is 9.84 Å². The molecule has 0 amide bonds. The van der Waals surface area contributed by atoms with Gasteiger partial charge in [-0.2, -0.15) is 0 Å². The van der Waals surface area contributed by atoms with E-state index in [-0.39, 0.29) is 5.41 Å². The highest BCUT2D eigenvalue weighted by Gasteiger charge is 2.37. The largest absolute Gasteiger partial charge is 0.496 e. The van der Waals surface area contributed by atoms with E-state index >= 15 is 0 Å². The lowest BCUT2D eigenvalue weighted by molar-refractivity contribution is 0.00381. The van der Waals surface area contributed by atoms with Gasteiger partial charge in [-0.25, -0.2) is 0 Å². The van der Waals surface area contributed by atoms with E-state index in [1.165, 1.54) is 19.3 Å². The molecule has 2 atom stereocenters. The molecule has 19 heavy (non-hydrogen) atoms. The van der Waals surface area contributed by atoms with Crippen molar-refractivity contribution in [1.29, 1.82) is 0 Å². The van der Waals surface area contributed by atoms with Gasteiger partial charge in [0.25, 0.3) is 0 Å². The highest BCUT2D eigenvalue weighted by Crippen LogP contribution is 2.47. The second kappa shape index (κ2) is 5.84. The Bertz CT molecular complexity index is 442. The van der Waals surface area contributed by atoms with E-state index < -0.39 is 6.10 Å². The lowest BCUT2D eigenvalue weighted by Gasteiger charge is -2.41. The Morgan fingerprint density at radius 2 is 2.11 bits per heavy atom. The molecule has 0 saturated heterocycles. The van der Waals surface area contributed by atoms with Crippen molar-refractivity contribution in [3.63, 3.8) is 0 Å². The van der Waals surface area contributed by atoms with Crippen molar-refractivity contribution >= 4 is 15.9 Å². The average molecular weight is 327 g/mol. The third kappa shape index (κ3) is 3.14. The normalized spacial score (nSPS) is 23.9. The topological polar surface area (TPSA) is 29.5 Å². The summed E-state index contributed by atoms with van der Waals surface area (Å²) in [7, 11) is 1.65. The zero-order chi connectivity index (χ0) is 14.0. The molecule has 106 valence electrons. The molecule has 2 unspecified atom stereocenters. The molecule has 2 nitrogen and oxygen atoms in total. The molecule has 0 aliphatic heterocycles. The van der Waals surface area contributed by atoms with Gasteiger partial charge >= 0.3 is 0 Å². The van der Waals surface area contributed by atoms with Crippen LogP contribution in [0.15, 0.2) is 22.7 Å². The Kier molecular flexibility index (Phi) is 4.57. The number of aliphatic hydroxyl groups is 1. The van der Waals surface area contributed by atoms with Crippen LogP contribution in [0.5, 0.6) is 5.75 Å². The van der Waals surface area contributed by atoms with Crippen molar-refractivity contribution in [2.45, 2.75) is 45.6 Å². The number of rotatable bonds is 3. The fraction of sp³-hybridized carbons (Fsp3) is 0.625. The number of benzene rings is 1. The summed E-state index contributed by atoms with van der Waals surface area (Å²) in [5, 5.41) is 10.7. The molecular weight excluding hydrogens is 304 g/mol. The summed E-state index contributed by atoms with van der Waals surface area (Å²) in [6.45, 7) is 4.55. The Labute approximate surface area is 124 Å². The zero-order valence-electron chi connectivity index (χ0n) is 11.9. The summed E-state index contributed by atoms with van der Waals surface area (Å²) < 4.78 is 6.14. The van der Waals surface area contributed by atoms with E-state index in [4.69, 9.17) is 4.74 Å². The third-order valence-corrected chi connectivity index (χ3v) is 5.11. The first-order valence-corrected chi connectivity index (χ1v) is 7.76. The van der Waals surface area contributed by atoms with Crippen LogP contribution < -0.4 is 4.74 Å². The Morgan fingerprint density at radius 3 is 2.68 bits per heavy atom.